The molecule has 8 heteroatoms. The number of hydrogen-bond donors (Lipinski definition) is 1. The first kappa shape index (κ1) is 21.2. The van der Waals surface area contributed by atoms with Crippen molar-refractivity contribution in [3.8, 4) is 0 Å². The van der Waals surface area contributed by atoms with E-state index in [2.05, 4.69) is 4.72 Å². The lowest BCUT2D eigenvalue weighted by atomic mass is 10.1. The van der Waals surface area contributed by atoms with Crippen LogP contribution in [-0.2, 0) is 14.8 Å². The van der Waals surface area contributed by atoms with E-state index < -0.39 is 27.9 Å². The lowest BCUT2D eigenvalue weighted by molar-refractivity contribution is 0.0320. The summed E-state index contributed by atoms with van der Waals surface area (Å²) in [5, 5.41) is 0. The third-order valence-electron chi connectivity index (χ3n) is 4.23. The largest absolute Gasteiger partial charge is 0.451 e. The van der Waals surface area contributed by atoms with Gasteiger partial charge in [0.05, 0.1) is 16.1 Å². The fraction of sp³-hybridized carbons (Fsp3) is 0.0909. The second-order valence-electron chi connectivity index (χ2n) is 6.38. The first-order valence-corrected chi connectivity index (χ1v) is 10.4. The molecule has 0 heterocycles. The molecule has 1 atom stereocenters. The smallest absolute Gasteiger partial charge is 0.340 e. The average molecular weight is 427 g/mol. The number of rotatable bonds is 7. The summed E-state index contributed by atoms with van der Waals surface area (Å²) in [6.07, 6.45) is -1.07. The van der Waals surface area contributed by atoms with Crippen LogP contribution in [0.5, 0.6) is 0 Å². The number of ether oxygens (including phenoxy) is 1. The Labute approximate surface area is 173 Å². The second-order valence-corrected chi connectivity index (χ2v) is 8.07. The molecule has 0 aliphatic heterocycles. The van der Waals surface area contributed by atoms with Gasteiger partial charge in [0, 0.05) is 5.56 Å². The summed E-state index contributed by atoms with van der Waals surface area (Å²) in [6.45, 7) is 1.44. The predicted octanol–water partition coefficient (Wildman–Crippen LogP) is 4.05. The van der Waals surface area contributed by atoms with Gasteiger partial charge < -0.3 is 4.74 Å². The number of halogens is 1. The molecule has 6 nitrogen and oxygen atoms in total. The van der Waals surface area contributed by atoms with Gasteiger partial charge in [-0.15, -0.1) is 0 Å². The van der Waals surface area contributed by atoms with E-state index in [4.69, 9.17) is 4.74 Å². The maximum absolute atomic E-state index is 13.1. The van der Waals surface area contributed by atoms with Crippen molar-refractivity contribution in [2.45, 2.75) is 17.9 Å². The van der Waals surface area contributed by atoms with Crippen LogP contribution in [0.4, 0.5) is 10.1 Å². The van der Waals surface area contributed by atoms with Crippen molar-refractivity contribution in [1.29, 1.82) is 0 Å². The Morgan fingerprint density at radius 2 is 1.50 bits per heavy atom. The Bertz CT molecular complexity index is 1160. The summed E-state index contributed by atoms with van der Waals surface area (Å²) < 4.78 is 45.8. The van der Waals surface area contributed by atoms with E-state index in [-0.39, 0.29) is 21.9 Å². The molecule has 3 rings (SSSR count). The molecular weight excluding hydrogens is 409 g/mol. The number of carbonyl (C=O) groups excluding carboxylic acids is 2. The highest BCUT2D eigenvalue weighted by Crippen LogP contribution is 2.22. The topological polar surface area (TPSA) is 89.5 Å². The third-order valence-corrected chi connectivity index (χ3v) is 5.61. The molecule has 0 bridgehead atoms. The molecule has 0 aliphatic rings. The summed E-state index contributed by atoms with van der Waals surface area (Å²) in [5.41, 5.74) is 0.310. The number of anilines is 1. The minimum atomic E-state index is -4.07. The van der Waals surface area contributed by atoms with Gasteiger partial charge in [-0.25, -0.2) is 17.6 Å². The molecule has 154 valence electrons. The van der Waals surface area contributed by atoms with Crippen molar-refractivity contribution < 1.29 is 27.1 Å². The van der Waals surface area contributed by atoms with Crippen LogP contribution < -0.4 is 4.72 Å². The Kier molecular flexibility index (Phi) is 6.27. The highest BCUT2D eigenvalue weighted by atomic mass is 32.2. The molecule has 0 unspecified atom stereocenters. The van der Waals surface area contributed by atoms with Crippen molar-refractivity contribution in [2.24, 2.45) is 0 Å². The Balaban J connectivity index is 1.80. The molecule has 3 aromatic carbocycles. The third kappa shape index (κ3) is 4.90. The minimum absolute atomic E-state index is 0.0221. The van der Waals surface area contributed by atoms with Crippen LogP contribution in [0, 0.1) is 5.82 Å². The Morgan fingerprint density at radius 3 is 2.17 bits per heavy atom. The first-order chi connectivity index (χ1) is 14.3. The maximum atomic E-state index is 13.1. The van der Waals surface area contributed by atoms with E-state index in [0.29, 0.717) is 5.56 Å². The molecule has 0 amide bonds. The zero-order valence-corrected chi connectivity index (χ0v) is 16.7. The molecule has 0 radical (unpaired) electrons. The minimum Gasteiger partial charge on any atom is -0.451 e. The van der Waals surface area contributed by atoms with Crippen LogP contribution in [0.3, 0.4) is 0 Å². The van der Waals surface area contributed by atoms with Gasteiger partial charge in [-0.1, -0.05) is 42.5 Å². The van der Waals surface area contributed by atoms with Gasteiger partial charge in [0.2, 0.25) is 5.78 Å². The van der Waals surface area contributed by atoms with E-state index in [1.165, 1.54) is 31.2 Å². The average Bonchev–Trinajstić information content (AvgIpc) is 2.74. The fourth-order valence-electron chi connectivity index (χ4n) is 2.68. The van der Waals surface area contributed by atoms with Gasteiger partial charge in [0.25, 0.3) is 10.0 Å². The number of Topliss-reactive ketones (excluding diaryl/α,β-unsaturated/α-hetero) is 1. The summed E-state index contributed by atoms with van der Waals surface area (Å²) >= 11 is 0. The quantitative estimate of drug-likeness (QED) is 0.454. The predicted molar refractivity (Wildman–Crippen MR) is 109 cm³/mol. The van der Waals surface area contributed by atoms with Gasteiger partial charge in [-0.05, 0) is 43.3 Å². The van der Waals surface area contributed by atoms with Gasteiger partial charge in [0.15, 0.2) is 6.10 Å². The summed E-state index contributed by atoms with van der Waals surface area (Å²) in [5.74, 6) is -1.81. The fourth-order valence-corrected chi connectivity index (χ4v) is 3.76. The molecule has 30 heavy (non-hydrogen) atoms. The number of sulfonamides is 1. The SMILES string of the molecule is C[C@H](OC(=O)c1ccccc1NS(=O)(=O)c1ccc(F)cc1)C(=O)c1ccccc1. The molecular formula is C22H18FNO5S. The van der Waals surface area contributed by atoms with Crippen molar-refractivity contribution in [1.82, 2.24) is 0 Å². The van der Waals surface area contributed by atoms with E-state index in [1.807, 2.05) is 0 Å². The highest BCUT2D eigenvalue weighted by molar-refractivity contribution is 7.92. The highest BCUT2D eigenvalue weighted by Gasteiger charge is 2.23. The molecule has 0 saturated heterocycles. The van der Waals surface area contributed by atoms with Crippen LogP contribution in [0.15, 0.2) is 83.8 Å². The zero-order valence-electron chi connectivity index (χ0n) is 15.9. The summed E-state index contributed by atoms with van der Waals surface area (Å²) in [4.78, 5) is 24.9. The van der Waals surface area contributed by atoms with E-state index in [9.17, 15) is 22.4 Å². The van der Waals surface area contributed by atoms with Crippen molar-refractivity contribution in [3.63, 3.8) is 0 Å². The standard InChI is InChI=1S/C22H18FNO5S/c1-15(21(25)16-7-3-2-4-8-16)29-22(26)19-9-5-6-10-20(19)24-30(27,28)18-13-11-17(23)12-14-18/h2-15,24H,1H3/t15-/m0/s1. The number of esters is 1. The number of ketones is 1. The summed E-state index contributed by atoms with van der Waals surface area (Å²) in [7, 11) is -4.07. The molecule has 0 aromatic heterocycles. The monoisotopic (exact) mass is 427 g/mol. The first-order valence-electron chi connectivity index (χ1n) is 8.95. The van der Waals surface area contributed by atoms with E-state index in [0.717, 1.165) is 24.3 Å². The zero-order chi connectivity index (χ0) is 21.7. The van der Waals surface area contributed by atoms with Crippen molar-refractivity contribution >= 4 is 27.5 Å². The van der Waals surface area contributed by atoms with Crippen molar-refractivity contribution in [2.75, 3.05) is 4.72 Å². The summed E-state index contributed by atoms with van der Waals surface area (Å²) in [6, 6.07) is 18.5. The van der Waals surface area contributed by atoms with Gasteiger partial charge in [-0.2, -0.15) is 0 Å². The van der Waals surface area contributed by atoms with Crippen LogP contribution >= 0.6 is 0 Å². The number of para-hydroxylation sites is 1. The van der Waals surface area contributed by atoms with Crippen LogP contribution in [-0.4, -0.2) is 26.3 Å². The lowest BCUT2D eigenvalue weighted by Crippen LogP contribution is -2.25. The van der Waals surface area contributed by atoms with Gasteiger partial charge >= 0.3 is 5.97 Å². The molecule has 0 aliphatic carbocycles. The lowest BCUT2D eigenvalue weighted by Gasteiger charge is -2.15. The number of carbonyl (C=O) groups is 2. The Morgan fingerprint density at radius 1 is 0.900 bits per heavy atom. The normalized spacial score (nSPS) is 12.1. The number of benzene rings is 3. The van der Waals surface area contributed by atoms with Crippen LogP contribution in [0.25, 0.3) is 0 Å². The van der Waals surface area contributed by atoms with E-state index in [1.54, 1.807) is 30.3 Å². The maximum Gasteiger partial charge on any atom is 0.340 e. The van der Waals surface area contributed by atoms with Gasteiger partial charge in [-0.3, -0.25) is 9.52 Å². The molecule has 3 aromatic rings. The molecule has 0 fully saturated rings. The Hall–Kier alpha value is -3.52. The van der Waals surface area contributed by atoms with Crippen LogP contribution in [0.2, 0.25) is 0 Å². The number of nitrogens with one attached hydrogen (secondary N) is 1. The van der Waals surface area contributed by atoms with Gasteiger partial charge in [0.1, 0.15) is 5.82 Å². The van der Waals surface area contributed by atoms with E-state index >= 15 is 0 Å². The number of hydrogen-bond acceptors (Lipinski definition) is 5. The molecule has 0 spiro atoms. The van der Waals surface area contributed by atoms with Crippen molar-refractivity contribution in [3.05, 3.63) is 95.8 Å². The molecule has 1 N–H and O–H groups in total. The van der Waals surface area contributed by atoms with Crippen LogP contribution in [0.1, 0.15) is 27.6 Å². The molecule has 0 saturated carbocycles. The second kappa shape index (κ2) is 8.87.